The topological polar surface area (TPSA) is 94.1 Å². The van der Waals surface area contributed by atoms with E-state index in [1.807, 2.05) is 29.5 Å². The molecule has 1 amide bonds. The fourth-order valence-electron chi connectivity index (χ4n) is 2.73. The molecule has 172 valence electrons. The number of rotatable bonds is 8. The largest absolute Gasteiger partial charge is 0.490 e. The fraction of sp³-hybridized carbons (Fsp3) is 0.130. The summed E-state index contributed by atoms with van der Waals surface area (Å²) < 4.78 is 37.0. The maximum Gasteiger partial charge on any atom is 0.339 e. The van der Waals surface area contributed by atoms with Crippen LogP contribution in [0.4, 0.5) is 0 Å². The highest BCUT2D eigenvalue weighted by Gasteiger charge is 2.22. The molecule has 0 atom stereocenters. The van der Waals surface area contributed by atoms with E-state index in [1.165, 1.54) is 24.4 Å². The van der Waals surface area contributed by atoms with Crippen LogP contribution in [0.15, 0.2) is 70.7 Å². The third kappa shape index (κ3) is 6.68. The standard InChI is InChI=1S/C23H20ClIN2O5S/c1-3-31-21-12-16(14-26-27-23(28)17-5-4-6-18(24)13-17)11-20(25)22(21)32-33(29,30)19-9-7-15(2)8-10-19/h4-14H,3H2,1-2H3,(H,27,28)/b26-14-. The van der Waals surface area contributed by atoms with E-state index in [0.717, 1.165) is 5.56 Å². The number of hydrogen-bond acceptors (Lipinski definition) is 6. The number of aryl methyl sites for hydroxylation is 1. The Kier molecular flexibility index (Phi) is 8.33. The van der Waals surface area contributed by atoms with Gasteiger partial charge in [0.1, 0.15) is 4.90 Å². The summed E-state index contributed by atoms with van der Waals surface area (Å²) in [5, 5.41) is 4.41. The molecule has 0 spiro atoms. The summed E-state index contributed by atoms with van der Waals surface area (Å²) in [7, 11) is -4.05. The van der Waals surface area contributed by atoms with Gasteiger partial charge in [0.15, 0.2) is 11.5 Å². The molecule has 7 nitrogen and oxygen atoms in total. The number of nitrogens with one attached hydrogen (secondary N) is 1. The second kappa shape index (κ2) is 11.0. The van der Waals surface area contributed by atoms with Crippen LogP contribution in [0, 0.1) is 10.5 Å². The molecule has 0 saturated heterocycles. The molecule has 0 bridgehead atoms. The smallest absolute Gasteiger partial charge is 0.339 e. The molecule has 0 aliphatic rings. The number of amides is 1. The van der Waals surface area contributed by atoms with Gasteiger partial charge in [0, 0.05) is 10.6 Å². The van der Waals surface area contributed by atoms with Crippen LogP contribution in [0.25, 0.3) is 0 Å². The first-order valence-corrected chi connectivity index (χ1v) is 12.6. The lowest BCUT2D eigenvalue weighted by Crippen LogP contribution is -2.17. The lowest BCUT2D eigenvalue weighted by atomic mass is 10.2. The zero-order valence-electron chi connectivity index (χ0n) is 17.7. The van der Waals surface area contributed by atoms with Gasteiger partial charge in [-0.25, -0.2) is 5.43 Å². The predicted octanol–water partition coefficient (Wildman–Crippen LogP) is 5.18. The number of hydrazone groups is 1. The molecule has 3 rings (SSSR count). The Morgan fingerprint density at radius 2 is 1.88 bits per heavy atom. The van der Waals surface area contributed by atoms with E-state index < -0.39 is 16.0 Å². The number of ether oxygens (including phenoxy) is 1. The number of carbonyl (C=O) groups excluding carboxylic acids is 1. The van der Waals surface area contributed by atoms with Gasteiger partial charge in [-0.05, 0) is 84.5 Å². The molecule has 0 saturated carbocycles. The first-order valence-electron chi connectivity index (χ1n) is 9.76. The van der Waals surface area contributed by atoms with Gasteiger partial charge in [0.25, 0.3) is 5.91 Å². The Hall–Kier alpha value is -2.63. The van der Waals surface area contributed by atoms with Crippen molar-refractivity contribution in [2.75, 3.05) is 6.61 Å². The molecule has 10 heteroatoms. The number of hydrogen-bond donors (Lipinski definition) is 1. The van der Waals surface area contributed by atoms with Crippen molar-refractivity contribution in [1.82, 2.24) is 5.43 Å². The maximum absolute atomic E-state index is 12.7. The quantitative estimate of drug-likeness (QED) is 0.167. The van der Waals surface area contributed by atoms with Gasteiger partial charge >= 0.3 is 10.1 Å². The summed E-state index contributed by atoms with van der Waals surface area (Å²) in [5.74, 6) is -0.0986. The van der Waals surface area contributed by atoms with Gasteiger partial charge in [0.2, 0.25) is 0 Å². The molecule has 0 unspecified atom stereocenters. The van der Waals surface area contributed by atoms with Gasteiger partial charge < -0.3 is 8.92 Å². The van der Waals surface area contributed by atoms with Crippen molar-refractivity contribution in [2.24, 2.45) is 5.10 Å². The van der Waals surface area contributed by atoms with Crippen LogP contribution in [0.5, 0.6) is 11.5 Å². The second-order valence-corrected chi connectivity index (χ2v) is 9.97. The molecule has 1 N–H and O–H groups in total. The maximum atomic E-state index is 12.7. The average molecular weight is 599 g/mol. The van der Waals surface area contributed by atoms with Gasteiger partial charge in [0.05, 0.1) is 16.4 Å². The minimum absolute atomic E-state index is 0.0423. The van der Waals surface area contributed by atoms with Crippen molar-refractivity contribution in [3.05, 3.63) is 85.9 Å². The predicted molar refractivity (Wildman–Crippen MR) is 136 cm³/mol. The summed E-state index contributed by atoms with van der Waals surface area (Å²) in [4.78, 5) is 12.2. The summed E-state index contributed by atoms with van der Waals surface area (Å²) in [6.45, 7) is 3.94. The fourth-order valence-corrected chi connectivity index (χ4v) is 4.76. The highest BCUT2D eigenvalue weighted by molar-refractivity contribution is 14.1. The van der Waals surface area contributed by atoms with E-state index in [1.54, 1.807) is 49.4 Å². The molecule has 0 aromatic heterocycles. The van der Waals surface area contributed by atoms with Gasteiger partial charge in [-0.3, -0.25) is 4.79 Å². The van der Waals surface area contributed by atoms with Crippen LogP contribution in [-0.4, -0.2) is 27.1 Å². The average Bonchev–Trinajstić information content (AvgIpc) is 2.76. The zero-order valence-corrected chi connectivity index (χ0v) is 21.4. The van der Waals surface area contributed by atoms with Crippen LogP contribution in [0.2, 0.25) is 5.02 Å². The number of carbonyl (C=O) groups is 1. The molecule has 0 heterocycles. The summed E-state index contributed by atoms with van der Waals surface area (Å²) >= 11 is 7.86. The zero-order chi connectivity index (χ0) is 24.0. The van der Waals surface area contributed by atoms with Gasteiger partial charge in [-0.15, -0.1) is 0 Å². The molecule has 0 radical (unpaired) electrons. The minimum atomic E-state index is -4.05. The van der Waals surface area contributed by atoms with E-state index in [-0.39, 0.29) is 16.4 Å². The van der Waals surface area contributed by atoms with Crippen molar-refractivity contribution in [2.45, 2.75) is 18.7 Å². The van der Waals surface area contributed by atoms with Crippen molar-refractivity contribution in [3.63, 3.8) is 0 Å². The van der Waals surface area contributed by atoms with E-state index >= 15 is 0 Å². The van der Waals surface area contributed by atoms with Crippen LogP contribution >= 0.6 is 34.2 Å². The summed E-state index contributed by atoms with van der Waals surface area (Å²) in [6.07, 6.45) is 1.42. The van der Waals surface area contributed by atoms with E-state index in [2.05, 4.69) is 10.5 Å². The Balaban J connectivity index is 1.82. The first-order chi connectivity index (χ1) is 15.7. The Labute approximate surface area is 211 Å². The summed E-state index contributed by atoms with van der Waals surface area (Å²) in [6, 6.07) is 16.1. The van der Waals surface area contributed by atoms with Gasteiger partial charge in [-0.2, -0.15) is 13.5 Å². The van der Waals surface area contributed by atoms with E-state index in [9.17, 15) is 13.2 Å². The van der Waals surface area contributed by atoms with Crippen LogP contribution in [0.3, 0.4) is 0 Å². The molecule has 0 aliphatic heterocycles. The number of halogens is 2. The molecule has 3 aromatic rings. The van der Waals surface area contributed by atoms with Crippen LogP contribution < -0.4 is 14.3 Å². The minimum Gasteiger partial charge on any atom is -0.490 e. The van der Waals surface area contributed by atoms with E-state index in [4.69, 9.17) is 20.5 Å². The number of nitrogens with zero attached hydrogens (tertiary/aromatic N) is 1. The third-order valence-corrected chi connectivity index (χ3v) is 6.57. The van der Waals surface area contributed by atoms with Crippen molar-refractivity contribution in [1.29, 1.82) is 0 Å². The molecule has 3 aromatic carbocycles. The third-order valence-electron chi connectivity index (χ3n) is 4.30. The second-order valence-electron chi connectivity index (χ2n) is 6.82. The molecule has 0 fully saturated rings. The Morgan fingerprint density at radius 1 is 1.15 bits per heavy atom. The Bertz CT molecular complexity index is 1290. The monoisotopic (exact) mass is 598 g/mol. The van der Waals surface area contributed by atoms with Crippen LogP contribution in [0.1, 0.15) is 28.4 Å². The summed E-state index contributed by atoms with van der Waals surface area (Å²) in [5.41, 5.74) is 4.31. The molecular formula is C23H20ClIN2O5S. The highest BCUT2D eigenvalue weighted by atomic mass is 127. The SMILES string of the molecule is CCOc1cc(/C=N\NC(=O)c2cccc(Cl)c2)cc(I)c1OS(=O)(=O)c1ccc(C)cc1. The van der Waals surface area contributed by atoms with Crippen molar-refractivity contribution >= 4 is 56.4 Å². The molecule has 33 heavy (non-hydrogen) atoms. The van der Waals surface area contributed by atoms with Crippen LogP contribution in [-0.2, 0) is 10.1 Å². The Morgan fingerprint density at radius 3 is 2.55 bits per heavy atom. The van der Waals surface area contributed by atoms with Crippen molar-refractivity contribution < 1.29 is 22.1 Å². The highest BCUT2D eigenvalue weighted by Crippen LogP contribution is 2.36. The van der Waals surface area contributed by atoms with E-state index in [0.29, 0.717) is 26.3 Å². The first kappa shape index (κ1) is 25.0. The lowest BCUT2D eigenvalue weighted by Gasteiger charge is -2.14. The van der Waals surface area contributed by atoms with Crippen molar-refractivity contribution in [3.8, 4) is 11.5 Å². The van der Waals surface area contributed by atoms with Gasteiger partial charge in [-0.1, -0.05) is 35.4 Å². The lowest BCUT2D eigenvalue weighted by molar-refractivity contribution is 0.0955. The molecule has 0 aliphatic carbocycles. The normalized spacial score (nSPS) is 11.4. The number of benzene rings is 3. The molecular weight excluding hydrogens is 579 g/mol.